The molecule has 2 atom stereocenters. The van der Waals surface area contributed by atoms with Gasteiger partial charge in [-0.05, 0) is 12.0 Å². The molecular weight excluding hydrogens is 208 g/mol. The lowest BCUT2D eigenvalue weighted by atomic mass is 9.90. The third-order valence-electron chi connectivity index (χ3n) is 3.21. The summed E-state index contributed by atoms with van der Waals surface area (Å²) < 4.78 is 0. The van der Waals surface area contributed by atoms with Crippen LogP contribution in [0.15, 0.2) is 24.3 Å². The van der Waals surface area contributed by atoms with Gasteiger partial charge in [-0.25, -0.2) is 0 Å². The van der Waals surface area contributed by atoms with Gasteiger partial charge in [-0.3, -0.25) is 4.79 Å². The molecule has 1 aromatic rings. The lowest BCUT2D eigenvalue weighted by molar-refractivity contribution is 0.0919. The molecule has 0 radical (unpaired) electrons. The smallest absolute Gasteiger partial charge is 0.166 e. The average Bonchev–Trinajstić information content (AvgIpc) is 2.54. The van der Waals surface area contributed by atoms with Gasteiger partial charge < -0.3 is 0 Å². The summed E-state index contributed by atoms with van der Waals surface area (Å²) in [6.45, 7) is 2.11. The minimum absolute atomic E-state index is 0.116. The largest absolute Gasteiger partial charge is 0.294 e. The topological polar surface area (TPSA) is 17.1 Å². The van der Waals surface area contributed by atoms with Gasteiger partial charge in [0.15, 0.2) is 5.78 Å². The van der Waals surface area contributed by atoms with Gasteiger partial charge in [0.2, 0.25) is 0 Å². The lowest BCUT2D eigenvalue weighted by Crippen LogP contribution is -2.14. The highest BCUT2D eigenvalue weighted by atomic mass is 35.5. The van der Waals surface area contributed by atoms with Crippen molar-refractivity contribution in [3.05, 3.63) is 35.4 Å². The van der Waals surface area contributed by atoms with Gasteiger partial charge in [-0.2, -0.15) is 0 Å². The number of alkyl halides is 1. The molecule has 0 heterocycles. The number of fused-ring (bicyclic) bond motifs is 1. The van der Waals surface area contributed by atoms with Crippen LogP contribution in [0.4, 0.5) is 0 Å². The van der Waals surface area contributed by atoms with Crippen LogP contribution >= 0.6 is 11.6 Å². The van der Waals surface area contributed by atoms with Crippen molar-refractivity contribution >= 4 is 17.4 Å². The van der Waals surface area contributed by atoms with E-state index in [2.05, 4.69) is 6.92 Å². The van der Waals surface area contributed by atoms with Crippen molar-refractivity contribution in [2.75, 3.05) is 5.88 Å². The van der Waals surface area contributed by atoms with Gasteiger partial charge in [0.25, 0.3) is 0 Å². The highest BCUT2D eigenvalue weighted by Crippen LogP contribution is 2.40. The maximum Gasteiger partial charge on any atom is 0.166 e. The molecule has 1 aromatic carbocycles. The zero-order valence-corrected chi connectivity index (χ0v) is 9.63. The van der Waals surface area contributed by atoms with Crippen molar-refractivity contribution in [3.8, 4) is 0 Å². The summed E-state index contributed by atoms with van der Waals surface area (Å²) in [5.74, 6) is 1.19. The van der Waals surface area contributed by atoms with Gasteiger partial charge in [-0.1, -0.05) is 37.6 Å². The molecule has 0 aliphatic heterocycles. The second-order valence-corrected chi connectivity index (χ2v) is 4.42. The summed E-state index contributed by atoms with van der Waals surface area (Å²) in [7, 11) is 0. The van der Waals surface area contributed by atoms with E-state index in [0.717, 1.165) is 24.0 Å². The molecule has 0 fully saturated rings. The molecule has 2 rings (SSSR count). The first-order valence-electron chi connectivity index (χ1n) is 5.48. The molecule has 0 spiro atoms. The van der Waals surface area contributed by atoms with Gasteiger partial charge in [0.1, 0.15) is 0 Å². The van der Waals surface area contributed by atoms with Crippen molar-refractivity contribution in [3.63, 3.8) is 0 Å². The number of rotatable bonds is 3. The van der Waals surface area contributed by atoms with Gasteiger partial charge in [0, 0.05) is 23.3 Å². The van der Waals surface area contributed by atoms with E-state index in [9.17, 15) is 4.79 Å². The summed E-state index contributed by atoms with van der Waals surface area (Å²) in [5.41, 5.74) is 2.04. The predicted molar refractivity (Wildman–Crippen MR) is 62.6 cm³/mol. The summed E-state index contributed by atoms with van der Waals surface area (Å²) in [4.78, 5) is 12.1. The molecule has 80 valence electrons. The Balaban J connectivity index is 2.39. The third kappa shape index (κ3) is 1.69. The highest BCUT2D eigenvalue weighted by Gasteiger charge is 2.37. The number of Topliss-reactive ketones (excluding diaryl/α,β-unsaturated/α-hetero) is 1. The summed E-state index contributed by atoms with van der Waals surface area (Å²) in [6, 6.07) is 7.87. The van der Waals surface area contributed by atoms with Crippen LogP contribution in [0.25, 0.3) is 0 Å². The second-order valence-electron chi connectivity index (χ2n) is 4.11. The molecule has 2 heteroatoms. The van der Waals surface area contributed by atoms with Crippen molar-refractivity contribution in [2.24, 2.45) is 5.92 Å². The minimum atomic E-state index is 0.116. The first-order valence-corrected chi connectivity index (χ1v) is 6.02. The molecule has 15 heavy (non-hydrogen) atoms. The monoisotopic (exact) mass is 222 g/mol. The van der Waals surface area contributed by atoms with Crippen molar-refractivity contribution in [2.45, 2.75) is 25.7 Å². The van der Waals surface area contributed by atoms with Crippen molar-refractivity contribution < 1.29 is 4.79 Å². The van der Waals surface area contributed by atoms with Crippen LogP contribution in [0, 0.1) is 5.92 Å². The van der Waals surface area contributed by atoms with E-state index < -0.39 is 0 Å². The van der Waals surface area contributed by atoms with E-state index in [-0.39, 0.29) is 17.6 Å². The fourth-order valence-electron chi connectivity index (χ4n) is 2.48. The Morgan fingerprint density at radius 3 is 2.67 bits per heavy atom. The normalized spacial score (nSPS) is 24.3. The van der Waals surface area contributed by atoms with E-state index >= 15 is 0 Å². The standard InChI is InChI=1S/C13H15ClO/c1-2-5-10-12(8-14)9-6-3-4-7-11(9)13(10)15/h3-4,6-7,10,12H,2,5,8H2,1H3/t10-,12+/m1/s1. The predicted octanol–water partition coefficient (Wildman–Crippen LogP) is 3.62. The van der Waals surface area contributed by atoms with Crippen LogP contribution in [-0.4, -0.2) is 11.7 Å². The number of hydrogen-bond acceptors (Lipinski definition) is 1. The van der Waals surface area contributed by atoms with Crippen LogP contribution in [-0.2, 0) is 0 Å². The van der Waals surface area contributed by atoms with Gasteiger partial charge in [0.05, 0.1) is 0 Å². The number of halogens is 1. The van der Waals surface area contributed by atoms with Crippen LogP contribution in [0.5, 0.6) is 0 Å². The van der Waals surface area contributed by atoms with Gasteiger partial charge in [-0.15, -0.1) is 11.6 Å². The molecule has 1 aliphatic rings. The Bertz CT molecular complexity index is 373. The lowest BCUT2D eigenvalue weighted by Gasteiger charge is -2.15. The molecular formula is C13H15ClO. The first kappa shape index (κ1) is 10.7. The number of benzene rings is 1. The maximum absolute atomic E-state index is 12.1. The number of ketones is 1. The summed E-state index contributed by atoms with van der Waals surface area (Å²) >= 11 is 5.98. The number of hydrogen-bond donors (Lipinski definition) is 0. The third-order valence-corrected chi connectivity index (χ3v) is 3.55. The quantitative estimate of drug-likeness (QED) is 0.714. The summed E-state index contributed by atoms with van der Waals surface area (Å²) in [5, 5.41) is 0. The average molecular weight is 223 g/mol. The van der Waals surface area contributed by atoms with E-state index in [1.54, 1.807) is 0 Å². The van der Waals surface area contributed by atoms with Crippen LogP contribution in [0.1, 0.15) is 41.6 Å². The van der Waals surface area contributed by atoms with E-state index in [0.29, 0.717) is 5.88 Å². The molecule has 0 bridgehead atoms. The Kier molecular flexibility index (Phi) is 3.11. The van der Waals surface area contributed by atoms with Crippen LogP contribution < -0.4 is 0 Å². The zero-order valence-electron chi connectivity index (χ0n) is 8.87. The fraction of sp³-hybridized carbons (Fsp3) is 0.462. The number of carbonyl (C=O) groups is 1. The molecule has 0 unspecified atom stereocenters. The zero-order chi connectivity index (χ0) is 10.8. The Morgan fingerprint density at radius 2 is 2.00 bits per heavy atom. The van der Waals surface area contributed by atoms with E-state index in [1.165, 1.54) is 0 Å². The van der Waals surface area contributed by atoms with Crippen molar-refractivity contribution in [1.29, 1.82) is 0 Å². The van der Waals surface area contributed by atoms with Gasteiger partial charge >= 0.3 is 0 Å². The van der Waals surface area contributed by atoms with Crippen LogP contribution in [0.3, 0.4) is 0 Å². The molecule has 0 aromatic heterocycles. The minimum Gasteiger partial charge on any atom is -0.294 e. The molecule has 0 amide bonds. The molecule has 0 saturated heterocycles. The molecule has 1 nitrogen and oxygen atoms in total. The second kappa shape index (κ2) is 4.36. The Labute approximate surface area is 95.4 Å². The SMILES string of the molecule is CCC[C@H]1C(=O)c2ccccc2[C@@H]1CCl. The first-order chi connectivity index (χ1) is 7.29. The van der Waals surface area contributed by atoms with E-state index in [4.69, 9.17) is 11.6 Å². The Hall–Kier alpha value is -0.820. The Morgan fingerprint density at radius 1 is 1.27 bits per heavy atom. The van der Waals surface area contributed by atoms with E-state index in [1.807, 2.05) is 24.3 Å². The molecule has 0 N–H and O–H groups in total. The van der Waals surface area contributed by atoms with Crippen molar-refractivity contribution in [1.82, 2.24) is 0 Å². The van der Waals surface area contributed by atoms with Crippen LogP contribution in [0.2, 0.25) is 0 Å². The molecule has 1 aliphatic carbocycles. The summed E-state index contributed by atoms with van der Waals surface area (Å²) in [6.07, 6.45) is 1.99. The number of carbonyl (C=O) groups excluding carboxylic acids is 1. The highest BCUT2D eigenvalue weighted by molar-refractivity contribution is 6.19. The molecule has 0 saturated carbocycles. The maximum atomic E-state index is 12.1. The fourth-order valence-corrected chi connectivity index (χ4v) is 2.86.